The zero-order valence-corrected chi connectivity index (χ0v) is 21.4. The number of nitrogens with two attached hydrogens (primary N) is 1. The molecule has 5 rings (SSSR count). The van der Waals surface area contributed by atoms with Gasteiger partial charge >= 0.3 is 0 Å². The normalized spacial score (nSPS) is 22.3. The van der Waals surface area contributed by atoms with Crippen molar-refractivity contribution in [2.45, 2.75) is 43.9 Å². The summed E-state index contributed by atoms with van der Waals surface area (Å²) in [6.07, 6.45) is -2.20. The fourth-order valence-corrected chi connectivity index (χ4v) is 4.39. The van der Waals surface area contributed by atoms with Gasteiger partial charge in [0.15, 0.2) is 23.8 Å². The van der Waals surface area contributed by atoms with Crippen LogP contribution in [0.5, 0.6) is 5.75 Å². The number of likely N-dealkylation sites (N-methyl/N-ethyl adjacent to an activating group) is 1. The van der Waals surface area contributed by atoms with Crippen LogP contribution in [0.4, 0.5) is 5.82 Å². The Hall–Kier alpha value is -4.25. The number of rotatable bonds is 7. The fourth-order valence-electron chi connectivity index (χ4n) is 4.39. The molecule has 3 aromatic rings. The molecule has 1 aromatic carbocycles. The van der Waals surface area contributed by atoms with E-state index < -0.39 is 30.4 Å². The second-order valence-electron chi connectivity index (χ2n) is 9.42. The van der Waals surface area contributed by atoms with Crippen LogP contribution in [0.2, 0.25) is 0 Å². The summed E-state index contributed by atoms with van der Waals surface area (Å²) in [5, 5.41) is 23.2. The molecule has 1 saturated heterocycles. The number of imidazole rings is 1. The van der Waals surface area contributed by atoms with Crippen LogP contribution in [0.25, 0.3) is 11.2 Å². The number of aromatic nitrogens is 4. The van der Waals surface area contributed by atoms with Crippen LogP contribution in [0, 0.1) is 17.8 Å². The SMILES string of the molecule is CNC(=O)[C@H]1O[C@@H](n2cnc3c(N)nc(C#CCN(Cc4ccc(OC)cc4)C(=O)C4CC4)nc32)C(O)[C@@H]1O. The van der Waals surface area contributed by atoms with E-state index in [1.807, 2.05) is 24.3 Å². The maximum Gasteiger partial charge on any atom is 0.251 e. The van der Waals surface area contributed by atoms with Crippen LogP contribution in [-0.2, 0) is 20.9 Å². The second-order valence-corrected chi connectivity index (χ2v) is 9.42. The molecular weight excluding hydrogens is 506 g/mol. The molecule has 1 saturated carbocycles. The number of aliphatic hydroxyl groups is 2. The molecule has 5 N–H and O–H groups in total. The second kappa shape index (κ2) is 10.9. The van der Waals surface area contributed by atoms with Crippen molar-refractivity contribution in [1.82, 2.24) is 29.7 Å². The molecule has 0 spiro atoms. The third kappa shape index (κ3) is 5.35. The first-order valence-electron chi connectivity index (χ1n) is 12.4. The third-order valence-electron chi connectivity index (χ3n) is 6.71. The van der Waals surface area contributed by atoms with E-state index in [0.29, 0.717) is 6.54 Å². The molecular formula is C26H29N7O6. The number of anilines is 1. The molecule has 2 fully saturated rings. The molecule has 13 heteroatoms. The minimum absolute atomic E-state index is 0.0226. The quantitative estimate of drug-likeness (QED) is 0.290. The summed E-state index contributed by atoms with van der Waals surface area (Å²) >= 11 is 0. The van der Waals surface area contributed by atoms with Crippen LogP contribution < -0.4 is 15.8 Å². The van der Waals surface area contributed by atoms with Crippen LogP contribution in [0.1, 0.15) is 30.5 Å². The van der Waals surface area contributed by atoms with Gasteiger partial charge in [0.05, 0.1) is 20.0 Å². The predicted molar refractivity (Wildman–Crippen MR) is 138 cm³/mol. The van der Waals surface area contributed by atoms with Gasteiger partial charge in [0.25, 0.3) is 5.91 Å². The van der Waals surface area contributed by atoms with Crippen LogP contribution in [0.3, 0.4) is 0 Å². The number of benzene rings is 1. The summed E-state index contributed by atoms with van der Waals surface area (Å²) in [6, 6.07) is 7.50. The molecule has 1 aliphatic heterocycles. The van der Waals surface area contributed by atoms with Crippen molar-refractivity contribution in [2.75, 3.05) is 26.4 Å². The van der Waals surface area contributed by atoms with Crippen molar-refractivity contribution in [3.05, 3.63) is 42.0 Å². The van der Waals surface area contributed by atoms with Gasteiger partial charge in [0.1, 0.15) is 23.5 Å². The number of aliphatic hydroxyl groups excluding tert-OH is 2. The van der Waals surface area contributed by atoms with Crippen molar-refractivity contribution in [3.63, 3.8) is 0 Å². The summed E-state index contributed by atoms with van der Waals surface area (Å²) in [5.41, 5.74) is 7.51. The van der Waals surface area contributed by atoms with E-state index in [1.54, 1.807) is 12.0 Å². The Kier molecular flexibility index (Phi) is 7.34. The lowest BCUT2D eigenvalue weighted by Gasteiger charge is -2.20. The zero-order valence-electron chi connectivity index (χ0n) is 21.4. The third-order valence-corrected chi connectivity index (χ3v) is 6.71. The first-order valence-corrected chi connectivity index (χ1v) is 12.4. The van der Waals surface area contributed by atoms with Crippen molar-refractivity contribution >= 4 is 28.8 Å². The number of nitrogens with one attached hydrogen (secondary N) is 1. The highest BCUT2D eigenvalue weighted by molar-refractivity contribution is 5.83. The van der Waals surface area contributed by atoms with Gasteiger partial charge in [-0.1, -0.05) is 18.1 Å². The molecule has 3 heterocycles. The highest BCUT2D eigenvalue weighted by Crippen LogP contribution is 2.33. The summed E-state index contributed by atoms with van der Waals surface area (Å²) < 4.78 is 12.2. The number of nitrogens with zero attached hydrogens (tertiary/aromatic N) is 5. The number of nitrogen functional groups attached to an aromatic ring is 1. The number of amides is 2. The number of carbonyl (C=O) groups excluding carboxylic acids is 2. The molecule has 0 radical (unpaired) electrons. The zero-order chi connectivity index (χ0) is 27.7. The molecule has 4 atom stereocenters. The van der Waals surface area contributed by atoms with Gasteiger partial charge < -0.3 is 35.6 Å². The van der Waals surface area contributed by atoms with Gasteiger partial charge in [-0.2, -0.15) is 0 Å². The van der Waals surface area contributed by atoms with Crippen molar-refractivity contribution in [1.29, 1.82) is 0 Å². The van der Waals surface area contributed by atoms with Crippen LogP contribution in [-0.4, -0.2) is 85.5 Å². The maximum absolute atomic E-state index is 12.9. The Labute approximate surface area is 223 Å². The van der Waals surface area contributed by atoms with E-state index in [4.69, 9.17) is 15.2 Å². The highest BCUT2D eigenvalue weighted by Gasteiger charge is 2.47. The number of fused-ring (bicyclic) bond motifs is 1. The van der Waals surface area contributed by atoms with E-state index in [9.17, 15) is 19.8 Å². The molecule has 13 nitrogen and oxygen atoms in total. The number of hydrogen-bond donors (Lipinski definition) is 4. The maximum atomic E-state index is 12.9. The van der Waals surface area contributed by atoms with Crippen LogP contribution >= 0.6 is 0 Å². The number of methoxy groups -OCH3 is 1. The highest BCUT2D eigenvalue weighted by atomic mass is 16.6. The Bertz CT molecular complexity index is 1440. The molecule has 0 bridgehead atoms. The Morgan fingerprint density at radius 3 is 2.64 bits per heavy atom. The van der Waals surface area contributed by atoms with Gasteiger partial charge in [0.2, 0.25) is 11.7 Å². The van der Waals surface area contributed by atoms with Crippen molar-refractivity contribution in [3.8, 4) is 17.6 Å². The van der Waals surface area contributed by atoms with Crippen LogP contribution in [0.15, 0.2) is 30.6 Å². The minimum Gasteiger partial charge on any atom is -0.497 e. The Morgan fingerprint density at radius 2 is 1.97 bits per heavy atom. The van der Waals surface area contributed by atoms with E-state index in [-0.39, 0.29) is 41.2 Å². The number of ether oxygens (including phenoxy) is 2. The van der Waals surface area contributed by atoms with E-state index in [2.05, 4.69) is 32.1 Å². The predicted octanol–water partition coefficient (Wildman–Crippen LogP) is -0.427. The number of hydrogen-bond acceptors (Lipinski definition) is 10. The van der Waals surface area contributed by atoms with Gasteiger partial charge in [-0.3, -0.25) is 14.2 Å². The summed E-state index contributed by atoms with van der Waals surface area (Å²) in [6.45, 7) is 0.556. The lowest BCUT2D eigenvalue weighted by Crippen LogP contribution is -2.41. The van der Waals surface area contributed by atoms with E-state index in [1.165, 1.54) is 17.9 Å². The average molecular weight is 536 g/mol. The molecule has 1 unspecified atom stereocenters. The monoisotopic (exact) mass is 535 g/mol. The fraction of sp³-hybridized carbons (Fsp3) is 0.423. The van der Waals surface area contributed by atoms with Crippen molar-refractivity contribution in [2.24, 2.45) is 5.92 Å². The first-order chi connectivity index (χ1) is 18.8. The minimum atomic E-state index is -1.45. The lowest BCUT2D eigenvalue weighted by atomic mass is 10.1. The molecule has 2 amide bonds. The molecule has 2 aliphatic rings. The molecule has 2 aromatic heterocycles. The van der Waals surface area contributed by atoms with Gasteiger partial charge in [-0.25, -0.2) is 15.0 Å². The Balaban J connectivity index is 1.38. The largest absolute Gasteiger partial charge is 0.497 e. The van der Waals surface area contributed by atoms with E-state index >= 15 is 0 Å². The topological polar surface area (TPSA) is 178 Å². The summed E-state index contributed by atoms with van der Waals surface area (Å²) in [5.74, 6) is 6.21. The van der Waals surface area contributed by atoms with Gasteiger partial charge in [0, 0.05) is 19.5 Å². The molecule has 1 aliphatic carbocycles. The van der Waals surface area contributed by atoms with Crippen molar-refractivity contribution < 1.29 is 29.3 Å². The van der Waals surface area contributed by atoms with E-state index in [0.717, 1.165) is 24.2 Å². The smallest absolute Gasteiger partial charge is 0.251 e. The summed E-state index contributed by atoms with van der Waals surface area (Å²) in [4.78, 5) is 39.5. The summed E-state index contributed by atoms with van der Waals surface area (Å²) in [7, 11) is 3.00. The molecule has 204 valence electrons. The first kappa shape index (κ1) is 26.4. The number of carbonyl (C=O) groups is 2. The lowest BCUT2D eigenvalue weighted by molar-refractivity contribution is -0.137. The van der Waals surface area contributed by atoms with Gasteiger partial charge in [-0.05, 0) is 36.5 Å². The standard InChI is InChI=1S/C26H29N7O6/c1-28-24(36)21-19(34)20(35)26(39-21)33-13-29-18-22(27)30-17(31-23(18)33)4-3-11-32(25(37)15-7-8-15)12-14-5-9-16(38-2)10-6-14/h5-6,9-10,13,15,19-21,26,34-35H,7-8,11-12H2,1-2H3,(H,28,36)(H2,27,30,31)/t19-,20?,21-,26+/m0/s1. The average Bonchev–Trinajstić information content (AvgIpc) is 3.65. The van der Waals surface area contributed by atoms with Gasteiger partial charge in [-0.15, -0.1) is 0 Å². The Morgan fingerprint density at radius 1 is 1.23 bits per heavy atom. The molecule has 39 heavy (non-hydrogen) atoms.